The van der Waals surface area contributed by atoms with E-state index in [4.69, 9.17) is 14.8 Å². The summed E-state index contributed by atoms with van der Waals surface area (Å²) in [7, 11) is 1.67. The summed E-state index contributed by atoms with van der Waals surface area (Å²) >= 11 is 0. The van der Waals surface area contributed by atoms with Gasteiger partial charge in [-0.1, -0.05) is 30.3 Å². The van der Waals surface area contributed by atoms with Crippen LogP contribution in [0.25, 0.3) is 5.69 Å². The lowest BCUT2D eigenvalue weighted by molar-refractivity contribution is 0.415. The van der Waals surface area contributed by atoms with Gasteiger partial charge in [0, 0.05) is 6.42 Å². The molecule has 0 saturated heterocycles. The molecule has 1 unspecified atom stereocenters. The Balaban J connectivity index is 1.52. The molecule has 1 aromatic heterocycles. The van der Waals surface area contributed by atoms with Gasteiger partial charge in [-0.25, -0.2) is 0 Å². The van der Waals surface area contributed by atoms with Crippen molar-refractivity contribution in [1.29, 1.82) is 0 Å². The molecule has 1 aliphatic heterocycles. The first-order chi connectivity index (χ1) is 14.8. The second-order valence-electron chi connectivity index (χ2n) is 7.10. The summed E-state index contributed by atoms with van der Waals surface area (Å²) in [5.74, 6) is 0.828. The van der Waals surface area contributed by atoms with Crippen molar-refractivity contribution >= 4 is 17.1 Å². The third-order valence-electron chi connectivity index (χ3n) is 5.16. The molecular formula is C24H21N5O. The molecule has 0 radical (unpaired) electrons. The quantitative estimate of drug-likeness (QED) is 0.531. The van der Waals surface area contributed by atoms with E-state index in [1.807, 2.05) is 85.1 Å². The van der Waals surface area contributed by atoms with Gasteiger partial charge < -0.3 is 10.1 Å². The molecule has 0 amide bonds. The molecule has 0 fully saturated rings. The van der Waals surface area contributed by atoms with Gasteiger partial charge in [-0.05, 0) is 54.1 Å². The number of fused-ring (bicyclic) bond motifs is 1. The first-order valence-corrected chi connectivity index (χ1v) is 9.85. The van der Waals surface area contributed by atoms with Gasteiger partial charge in [0.2, 0.25) is 0 Å². The summed E-state index contributed by atoms with van der Waals surface area (Å²) in [6, 6.07) is 26.0. The van der Waals surface area contributed by atoms with Gasteiger partial charge in [-0.2, -0.15) is 15.0 Å². The molecule has 6 nitrogen and oxygen atoms in total. The van der Waals surface area contributed by atoms with Crippen LogP contribution in [0.15, 0.2) is 90.1 Å². The minimum Gasteiger partial charge on any atom is -0.497 e. The number of aromatic nitrogens is 3. The highest BCUT2D eigenvalue weighted by Gasteiger charge is 2.23. The lowest BCUT2D eigenvalue weighted by Crippen LogP contribution is -2.15. The molecule has 1 aliphatic rings. The summed E-state index contributed by atoms with van der Waals surface area (Å²) in [4.78, 5) is 6.63. The zero-order valence-corrected chi connectivity index (χ0v) is 16.6. The van der Waals surface area contributed by atoms with Crippen LogP contribution < -0.4 is 10.1 Å². The molecule has 5 rings (SSSR count). The predicted molar refractivity (Wildman–Crippen MR) is 118 cm³/mol. The molecule has 6 heteroatoms. The molecule has 4 aromatic rings. The number of benzene rings is 3. The Morgan fingerprint density at radius 1 is 0.933 bits per heavy atom. The molecule has 0 bridgehead atoms. The summed E-state index contributed by atoms with van der Waals surface area (Å²) in [5, 5.41) is 12.8. The van der Waals surface area contributed by atoms with E-state index in [1.54, 1.807) is 11.9 Å². The van der Waals surface area contributed by atoms with E-state index in [1.165, 1.54) is 0 Å². The number of hydrogen-bond donors (Lipinski definition) is 1. The van der Waals surface area contributed by atoms with Gasteiger partial charge in [0.25, 0.3) is 0 Å². The standard InChI is InChI=1S/C24H21N5O/c1-30-19-13-11-17(12-14-19)22-15-23(27-21-10-6-5-9-20(21)26-22)24-16-25-29(28-24)18-7-3-2-4-8-18/h2-14,16,23,27H,15H2,1H3. The largest absolute Gasteiger partial charge is 0.497 e. The van der Waals surface area contributed by atoms with Gasteiger partial charge in [-0.15, -0.1) is 0 Å². The average Bonchev–Trinajstić information content (AvgIpc) is 3.22. The van der Waals surface area contributed by atoms with Crippen molar-refractivity contribution < 1.29 is 4.74 Å². The number of nitrogens with one attached hydrogen (secondary N) is 1. The molecule has 1 N–H and O–H groups in total. The van der Waals surface area contributed by atoms with Crippen molar-refractivity contribution in [2.24, 2.45) is 4.99 Å². The van der Waals surface area contributed by atoms with Crippen molar-refractivity contribution in [3.63, 3.8) is 0 Å². The Morgan fingerprint density at radius 2 is 1.70 bits per heavy atom. The van der Waals surface area contributed by atoms with Crippen molar-refractivity contribution in [2.75, 3.05) is 12.4 Å². The third kappa shape index (κ3) is 3.55. The number of rotatable bonds is 4. The zero-order valence-electron chi connectivity index (χ0n) is 16.6. The molecule has 0 aliphatic carbocycles. The molecule has 2 heterocycles. The molecule has 30 heavy (non-hydrogen) atoms. The van der Waals surface area contributed by atoms with Gasteiger partial charge in [0.1, 0.15) is 11.4 Å². The number of aliphatic imine (C=N–C) groups is 1. The maximum Gasteiger partial charge on any atom is 0.118 e. The second kappa shape index (κ2) is 7.83. The molecular weight excluding hydrogens is 374 g/mol. The highest BCUT2D eigenvalue weighted by Crippen LogP contribution is 2.35. The highest BCUT2D eigenvalue weighted by atomic mass is 16.5. The average molecular weight is 395 g/mol. The molecule has 3 aromatic carbocycles. The van der Waals surface area contributed by atoms with Gasteiger partial charge in [-0.3, -0.25) is 4.99 Å². The Hall–Kier alpha value is -3.93. The number of hydrogen-bond acceptors (Lipinski definition) is 5. The van der Waals surface area contributed by atoms with Gasteiger partial charge in [0.05, 0.1) is 42.1 Å². The normalized spacial score (nSPS) is 15.5. The van der Waals surface area contributed by atoms with E-state index in [9.17, 15) is 0 Å². The van der Waals surface area contributed by atoms with Crippen LogP contribution in [0.2, 0.25) is 0 Å². The maximum absolute atomic E-state index is 5.30. The fourth-order valence-electron chi connectivity index (χ4n) is 3.58. The van der Waals surface area contributed by atoms with E-state index >= 15 is 0 Å². The van der Waals surface area contributed by atoms with Crippen LogP contribution in [0.1, 0.15) is 23.7 Å². The van der Waals surface area contributed by atoms with Crippen LogP contribution in [0.4, 0.5) is 11.4 Å². The van der Waals surface area contributed by atoms with Crippen LogP contribution in [0.3, 0.4) is 0 Å². The van der Waals surface area contributed by atoms with Crippen molar-refractivity contribution in [3.05, 3.63) is 96.3 Å². The lowest BCUT2D eigenvalue weighted by Gasteiger charge is -2.16. The topological polar surface area (TPSA) is 64.3 Å². The minimum absolute atomic E-state index is 0.0491. The Kier molecular flexibility index (Phi) is 4.73. The highest BCUT2D eigenvalue weighted by molar-refractivity contribution is 6.04. The summed E-state index contributed by atoms with van der Waals surface area (Å²) in [5.41, 5.74) is 5.77. The summed E-state index contributed by atoms with van der Waals surface area (Å²) in [6.07, 6.45) is 2.51. The first-order valence-electron chi connectivity index (χ1n) is 9.85. The number of anilines is 1. The van der Waals surface area contributed by atoms with Crippen LogP contribution in [0, 0.1) is 0 Å². The molecule has 1 atom stereocenters. The smallest absolute Gasteiger partial charge is 0.118 e. The van der Waals surface area contributed by atoms with E-state index in [0.29, 0.717) is 6.42 Å². The van der Waals surface area contributed by atoms with Crippen LogP contribution in [0.5, 0.6) is 5.75 Å². The number of para-hydroxylation sites is 3. The Labute approximate surface area is 174 Å². The van der Waals surface area contributed by atoms with Crippen LogP contribution in [-0.4, -0.2) is 27.8 Å². The first kappa shape index (κ1) is 18.1. The molecule has 148 valence electrons. The Bertz CT molecular complexity index is 1180. The minimum atomic E-state index is -0.0491. The van der Waals surface area contributed by atoms with E-state index in [0.717, 1.165) is 39.8 Å². The van der Waals surface area contributed by atoms with Gasteiger partial charge >= 0.3 is 0 Å². The fraction of sp³-hybridized carbons (Fsp3) is 0.125. The van der Waals surface area contributed by atoms with Crippen molar-refractivity contribution in [2.45, 2.75) is 12.5 Å². The van der Waals surface area contributed by atoms with E-state index < -0.39 is 0 Å². The monoisotopic (exact) mass is 395 g/mol. The zero-order chi connectivity index (χ0) is 20.3. The Morgan fingerprint density at radius 3 is 2.50 bits per heavy atom. The summed E-state index contributed by atoms with van der Waals surface area (Å²) < 4.78 is 5.30. The van der Waals surface area contributed by atoms with Crippen molar-refractivity contribution in [1.82, 2.24) is 15.0 Å². The fourth-order valence-corrected chi connectivity index (χ4v) is 3.58. The van der Waals surface area contributed by atoms with Crippen LogP contribution >= 0.6 is 0 Å². The lowest BCUT2D eigenvalue weighted by atomic mass is 10.0. The second-order valence-corrected chi connectivity index (χ2v) is 7.10. The van der Waals surface area contributed by atoms with E-state index in [-0.39, 0.29) is 6.04 Å². The number of methoxy groups -OCH3 is 1. The predicted octanol–water partition coefficient (Wildman–Crippen LogP) is 4.95. The summed E-state index contributed by atoms with van der Waals surface area (Å²) in [6.45, 7) is 0. The van der Waals surface area contributed by atoms with Crippen molar-refractivity contribution in [3.8, 4) is 11.4 Å². The third-order valence-corrected chi connectivity index (χ3v) is 5.16. The SMILES string of the molecule is COc1ccc(C2=Nc3ccccc3NC(c3cnn(-c4ccccc4)n3)C2)cc1. The number of ether oxygens (including phenoxy) is 1. The van der Waals surface area contributed by atoms with Gasteiger partial charge in [0.15, 0.2) is 0 Å². The number of nitrogens with zero attached hydrogens (tertiary/aromatic N) is 4. The van der Waals surface area contributed by atoms with E-state index in [2.05, 4.69) is 10.4 Å². The van der Waals surface area contributed by atoms with Crippen LogP contribution in [-0.2, 0) is 0 Å². The maximum atomic E-state index is 5.30. The molecule has 0 saturated carbocycles. The molecule has 0 spiro atoms.